The van der Waals surface area contributed by atoms with E-state index in [1.807, 2.05) is 19.3 Å². The summed E-state index contributed by atoms with van der Waals surface area (Å²) in [6, 6.07) is 10.7. The number of allylic oxidation sites excluding steroid dienone is 1. The van der Waals surface area contributed by atoms with Gasteiger partial charge in [0.25, 0.3) is 0 Å². The molecule has 0 aliphatic carbocycles. The van der Waals surface area contributed by atoms with E-state index >= 15 is 0 Å². The Morgan fingerprint density at radius 1 is 1.17 bits per heavy atom. The van der Waals surface area contributed by atoms with Gasteiger partial charge in [-0.1, -0.05) is 30.3 Å². The molecule has 0 amide bonds. The maximum absolute atomic E-state index is 4.89. The lowest BCUT2D eigenvalue weighted by molar-refractivity contribution is 0.628. The maximum atomic E-state index is 4.89. The monoisotopic (exact) mass is 399 g/mol. The molecule has 2 aromatic heterocycles. The van der Waals surface area contributed by atoms with Gasteiger partial charge < -0.3 is 10.6 Å². The second-order valence-electron chi connectivity index (χ2n) is 7.80. The van der Waals surface area contributed by atoms with Crippen LogP contribution in [0.4, 0.5) is 5.82 Å². The van der Waals surface area contributed by atoms with Gasteiger partial charge in [-0.05, 0) is 55.5 Å². The first kappa shape index (κ1) is 20.2. The van der Waals surface area contributed by atoms with Crippen LogP contribution in [0.2, 0.25) is 0 Å². The fourth-order valence-corrected chi connectivity index (χ4v) is 3.98. The molecule has 0 fully saturated rings. The van der Waals surface area contributed by atoms with Gasteiger partial charge in [0.1, 0.15) is 5.82 Å². The molecule has 4 rings (SSSR count). The highest BCUT2D eigenvalue weighted by Gasteiger charge is 2.18. The predicted octanol–water partition coefficient (Wildman–Crippen LogP) is 4.71. The van der Waals surface area contributed by atoms with E-state index in [9.17, 15) is 0 Å². The van der Waals surface area contributed by atoms with E-state index in [2.05, 4.69) is 65.9 Å². The summed E-state index contributed by atoms with van der Waals surface area (Å²) in [4.78, 5) is 14.1. The van der Waals surface area contributed by atoms with Crippen molar-refractivity contribution in [3.63, 3.8) is 0 Å². The molecule has 0 spiro atoms. The number of nitrogens with zero attached hydrogens (tertiary/aromatic N) is 3. The van der Waals surface area contributed by atoms with Crippen molar-refractivity contribution in [1.82, 2.24) is 20.3 Å². The Morgan fingerprint density at radius 2 is 2.03 bits per heavy atom. The van der Waals surface area contributed by atoms with Gasteiger partial charge in [-0.2, -0.15) is 0 Å². The molecule has 3 aromatic rings. The molecular formula is C25H29N5. The number of pyridine rings is 1. The highest BCUT2D eigenvalue weighted by molar-refractivity contribution is 5.68. The Bertz CT molecular complexity index is 1070. The molecule has 1 aliphatic heterocycles. The summed E-state index contributed by atoms with van der Waals surface area (Å²) in [5.41, 5.74) is 8.37. The van der Waals surface area contributed by atoms with Crippen LogP contribution in [-0.4, -0.2) is 28.0 Å². The fraction of sp³-hybridized carbons (Fsp3) is 0.320. The van der Waals surface area contributed by atoms with Crippen LogP contribution in [0, 0.1) is 13.8 Å². The molecule has 0 radical (unpaired) electrons. The van der Waals surface area contributed by atoms with Crippen molar-refractivity contribution in [1.29, 1.82) is 0 Å². The van der Waals surface area contributed by atoms with Crippen LogP contribution in [0.15, 0.2) is 48.8 Å². The molecule has 1 aromatic carbocycles. The largest absolute Gasteiger partial charge is 0.369 e. The Labute approximate surface area is 178 Å². The van der Waals surface area contributed by atoms with E-state index in [0.717, 1.165) is 60.9 Å². The number of anilines is 1. The standard InChI is InChI=1S/C25H29N5/c1-4-19(21-8-6-5-7-18(21)3)9-12-28-25-22-16-26-11-10-23(22)29-24(30-25)20-13-17(2)14-27-15-20/h4-8,13-15,26H,9-12,16H2,1-3H3,(H,28,29,30)/b19-4-. The van der Waals surface area contributed by atoms with Crippen molar-refractivity contribution >= 4 is 11.4 Å². The molecule has 2 N–H and O–H groups in total. The van der Waals surface area contributed by atoms with Crippen LogP contribution in [0.5, 0.6) is 0 Å². The molecule has 1 aliphatic rings. The normalized spacial score (nSPS) is 13.8. The molecular weight excluding hydrogens is 370 g/mol. The zero-order valence-corrected chi connectivity index (χ0v) is 18.0. The molecule has 0 bridgehead atoms. The van der Waals surface area contributed by atoms with Gasteiger partial charge in [-0.15, -0.1) is 0 Å². The van der Waals surface area contributed by atoms with Gasteiger partial charge in [0.15, 0.2) is 5.82 Å². The highest BCUT2D eigenvalue weighted by atomic mass is 15.1. The first-order chi connectivity index (χ1) is 14.7. The zero-order chi connectivity index (χ0) is 20.9. The Balaban J connectivity index is 1.57. The lowest BCUT2D eigenvalue weighted by Crippen LogP contribution is -2.27. The van der Waals surface area contributed by atoms with Crippen LogP contribution < -0.4 is 10.6 Å². The SMILES string of the molecule is C/C=C(/CCNc1nc(-c2cncc(C)c2)nc2c1CNCC2)c1ccccc1C. The molecule has 0 saturated carbocycles. The number of aryl methyl sites for hydroxylation is 2. The minimum Gasteiger partial charge on any atom is -0.369 e. The zero-order valence-electron chi connectivity index (χ0n) is 18.0. The van der Waals surface area contributed by atoms with Crippen LogP contribution in [0.25, 0.3) is 17.0 Å². The summed E-state index contributed by atoms with van der Waals surface area (Å²) in [5.74, 6) is 1.68. The number of nitrogens with one attached hydrogen (secondary N) is 2. The first-order valence-electron chi connectivity index (χ1n) is 10.6. The smallest absolute Gasteiger partial charge is 0.163 e. The Morgan fingerprint density at radius 3 is 2.83 bits per heavy atom. The number of fused-ring (bicyclic) bond motifs is 1. The average Bonchev–Trinajstić information content (AvgIpc) is 2.77. The van der Waals surface area contributed by atoms with Crippen molar-refractivity contribution in [3.05, 3.63) is 76.7 Å². The quantitative estimate of drug-likeness (QED) is 0.629. The summed E-state index contributed by atoms with van der Waals surface area (Å²) < 4.78 is 0. The van der Waals surface area contributed by atoms with Gasteiger partial charge in [0.05, 0.1) is 5.69 Å². The second-order valence-corrected chi connectivity index (χ2v) is 7.80. The van der Waals surface area contributed by atoms with E-state index in [-0.39, 0.29) is 0 Å². The van der Waals surface area contributed by atoms with Crippen LogP contribution in [0.3, 0.4) is 0 Å². The number of hydrogen-bond acceptors (Lipinski definition) is 5. The number of rotatable bonds is 6. The van der Waals surface area contributed by atoms with Crippen molar-refractivity contribution in [2.45, 2.75) is 40.2 Å². The number of aromatic nitrogens is 3. The molecule has 0 atom stereocenters. The number of benzene rings is 1. The average molecular weight is 400 g/mol. The molecule has 3 heterocycles. The molecule has 5 heteroatoms. The Hall–Kier alpha value is -3.05. The summed E-state index contributed by atoms with van der Waals surface area (Å²) in [5, 5.41) is 7.05. The maximum Gasteiger partial charge on any atom is 0.163 e. The van der Waals surface area contributed by atoms with Crippen molar-refractivity contribution < 1.29 is 0 Å². The van der Waals surface area contributed by atoms with Gasteiger partial charge in [0, 0.05) is 49.6 Å². The van der Waals surface area contributed by atoms with Gasteiger partial charge >= 0.3 is 0 Å². The minimum atomic E-state index is 0.750. The highest BCUT2D eigenvalue weighted by Crippen LogP contribution is 2.26. The van der Waals surface area contributed by atoms with Gasteiger partial charge in [0.2, 0.25) is 0 Å². The van der Waals surface area contributed by atoms with E-state index in [1.165, 1.54) is 22.3 Å². The summed E-state index contributed by atoms with van der Waals surface area (Å²) in [7, 11) is 0. The van der Waals surface area contributed by atoms with E-state index < -0.39 is 0 Å². The Kier molecular flexibility index (Phi) is 6.19. The van der Waals surface area contributed by atoms with Gasteiger partial charge in [-0.25, -0.2) is 9.97 Å². The van der Waals surface area contributed by atoms with Crippen LogP contribution >= 0.6 is 0 Å². The van der Waals surface area contributed by atoms with Crippen molar-refractivity contribution in [2.24, 2.45) is 0 Å². The number of hydrogen-bond donors (Lipinski definition) is 2. The summed E-state index contributed by atoms with van der Waals surface area (Å²) in [6.07, 6.45) is 7.77. The topological polar surface area (TPSA) is 62.7 Å². The molecule has 154 valence electrons. The van der Waals surface area contributed by atoms with Crippen LogP contribution in [-0.2, 0) is 13.0 Å². The lowest BCUT2D eigenvalue weighted by Gasteiger charge is -2.21. The predicted molar refractivity (Wildman–Crippen MR) is 123 cm³/mol. The van der Waals surface area contributed by atoms with Crippen LogP contribution in [0.1, 0.15) is 41.3 Å². The minimum absolute atomic E-state index is 0.750. The van der Waals surface area contributed by atoms with E-state index in [0.29, 0.717) is 0 Å². The third kappa shape index (κ3) is 4.41. The molecule has 30 heavy (non-hydrogen) atoms. The molecule has 0 unspecified atom stereocenters. The van der Waals surface area contributed by atoms with Crippen molar-refractivity contribution in [2.75, 3.05) is 18.4 Å². The summed E-state index contributed by atoms with van der Waals surface area (Å²) in [6.45, 7) is 8.90. The fourth-order valence-electron chi connectivity index (χ4n) is 3.98. The summed E-state index contributed by atoms with van der Waals surface area (Å²) >= 11 is 0. The third-order valence-corrected chi connectivity index (χ3v) is 5.59. The first-order valence-corrected chi connectivity index (χ1v) is 10.6. The second kappa shape index (κ2) is 9.18. The molecule has 5 nitrogen and oxygen atoms in total. The molecule has 0 saturated heterocycles. The van der Waals surface area contributed by atoms with E-state index in [4.69, 9.17) is 9.97 Å². The van der Waals surface area contributed by atoms with Crippen molar-refractivity contribution in [3.8, 4) is 11.4 Å². The van der Waals surface area contributed by atoms with Gasteiger partial charge in [-0.3, -0.25) is 4.98 Å². The van der Waals surface area contributed by atoms with E-state index in [1.54, 1.807) is 0 Å². The third-order valence-electron chi connectivity index (χ3n) is 5.59. The lowest BCUT2D eigenvalue weighted by atomic mass is 9.98.